The molecule has 0 aliphatic carbocycles. The van der Waals surface area contributed by atoms with Crippen LogP contribution < -0.4 is 0 Å². The van der Waals surface area contributed by atoms with Crippen molar-refractivity contribution < 1.29 is 5.21 Å². The average molecular weight is 317 g/mol. The number of oxime groups is 1. The van der Waals surface area contributed by atoms with Crippen molar-refractivity contribution in [2.24, 2.45) is 10.1 Å². The summed E-state index contributed by atoms with van der Waals surface area (Å²) in [5, 5.41) is 17.5. The Labute approximate surface area is 138 Å². The second-order valence-electron chi connectivity index (χ2n) is 5.63. The Morgan fingerprint density at radius 2 is 1.79 bits per heavy atom. The molecule has 0 saturated heterocycles. The molecule has 0 amide bonds. The molecule has 1 N–H and O–H groups in total. The minimum atomic E-state index is -0.373. The molecule has 118 valence electrons. The monoisotopic (exact) mass is 317 g/mol. The van der Waals surface area contributed by atoms with Crippen LogP contribution >= 0.6 is 0 Å². The first-order valence-electron chi connectivity index (χ1n) is 7.60. The second-order valence-corrected chi connectivity index (χ2v) is 5.63. The smallest absolute Gasteiger partial charge is 0.249 e. The van der Waals surface area contributed by atoms with E-state index in [1.54, 1.807) is 4.68 Å². The summed E-state index contributed by atoms with van der Waals surface area (Å²) in [5.74, 6) is 0.492. The summed E-state index contributed by atoms with van der Waals surface area (Å²) in [7, 11) is 0. The largest absolute Gasteiger partial charge is 0.411 e. The Balaban J connectivity index is 1.91. The topological polar surface area (TPSA) is 75.7 Å². The van der Waals surface area contributed by atoms with Gasteiger partial charge in [-0.15, -0.1) is 0 Å². The van der Waals surface area contributed by atoms with E-state index in [9.17, 15) is 5.21 Å². The van der Waals surface area contributed by atoms with Crippen molar-refractivity contribution in [1.29, 1.82) is 0 Å². The molecule has 1 aliphatic heterocycles. The van der Waals surface area contributed by atoms with E-state index in [0.717, 1.165) is 16.7 Å². The molecule has 6 nitrogen and oxygen atoms in total. The van der Waals surface area contributed by atoms with Crippen molar-refractivity contribution in [2.45, 2.75) is 13.0 Å². The van der Waals surface area contributed by atoms with Crippen LogP contribution in [0.1, 0.15) is 22.7 Å². The first-order valence-corrected chi connectivity index (χ1v) is 7.60. The summed E-state index contributed by atoms with van der Waals surface area (Å²) in [6.45, 7) is 2.02. The SMILES string of the molecule is Cc1ccc(C2=Nc3ncnn3C(c3ccccc3)/C2=N\O)cc1. The first kappa shape index (κ1) is 14.3. The van der Waals surface area contributed by atoms with Crippen molar-refractivity contribution >= 4 is 17.4 Å². The number of aliphatic imine (C=N–C) groups is 1. The molecular formula is C18H15N5O. The summed E-state index contributed by atoms with van der Waals surface area (Å²) < 4.78 is 1.67. The third kappa shape index (κ3) is 2.28. The maximum atomic E-state index is 9.72. The van der Waals surface area contributed by atoms with Gasteiger partial charge in [-0.05, 0) is 12.5 Å². The van der Waals surface area contributed by atoms with E-state index in [-0.39, 0.29) is 6.04 Å². The van der Waals surface area contributed by atoms with E-state index in [4.69, 9.17) is 0 Å². The highest BCUT2D eigenvalue weighted by atomic mass is 16.4. The molecule has 0 spiro atoms. The van der Waals surface area contributed by atoms with E-state index in [0.29, 0.717) is 17.4 Å². The molecule has 1 atom stereocenters. The van der Waals surface area contributed by atoms with Gasteiger partial charge >= 0.3 is 0 Å². The van der Waals surface area contributed by atoms with Gasteiger partial charge in [-0.25, -0.2) is 9.67 Å². The summed E-state index contributed by atoms with van der Waals surface area (Å²) in [6, 6.07) is 17.3. The van der Waals surface area contributed by atoms with Crippen LogP contribution in [0.25, 0.3) is 0 Å². The van der Waals surface area contributed by atoms with Crippen LogP contribution in [-0.2, 0) is 0 Å². The van der Waals surface area contributed by atoms with E-state index >= 15 is 0 Å². The van der Waals surface area contributed by atoms with Gasteiger partial charge in [-0.2, -0.15) is 10.1 Å². The Morgan fingerprint density at radius 3 is 2.50 bits per heavy atom. The molecule has 0 radical (unpaired) electrons. The standard InChI is InChI=1S/C18H15N5O/c1-12-7-9-13(10-8-12)15-16(22-24)17(14-5-3-2-4-6-14)23-18(21-15)19-11-20-23/h2-11,17,24H,1H3/b22-16-. The van der Waals surface area contributed by atoms with E-state index in [2.05, 4.69) is 20.2 Å². The first-order chi connectivity index (χ1) is 11.8. The molecule has 2 aromatic carbocycles. The van der Waals surface area contributed by atoms with Crippen molar-refractivity contribution in [3.8, 4) is 0 Å². The summed E-state index contributed by atoms with van der Waals surface area (Å²) >= 11 is 0. The highest BCUT2D eigenvalue weighted by Crippen LogP contribution is 2.30. The van der Waals surface area contributed by atoms with Gasteiger partial charge in [0.05, 0.1) is 0 Å². The number of hydrogen-bond acceptors (Lipinski definition) is 5. The molecule has 2 heterocycles. The highest BCUT2D eigenvalue weighted by Gasteiger charge is 2.33. The minimum Gasteiger partial charge on any atom is -0.411 e. The molecule has 24 heavy (non-hydrogen) atoms. The van der Waals surface area contributed by atoms with Gasteiger partial charge in [0.2, 0.25) is 5.95 Å². The van der Waals surface area contributed by atoms with Gasteiger partial charge in [0.1, 0.15) is 23.8 Å². The van der Waals surface area contributed by atoms with E-state index < -0.39 is 0 Å². The maximum absolute atomic E-state index is 9.72. The summed E-state index contributed by atoms with van der Waals surface area (Å²) in [6.07, 6.45) is 1.46. The number of aryl methyl sites for hydroxylation is 1. The van der Waals surface area contributed by atoms with Crippen LogP contribution in [-0.4, -0.2) is 31.4 Å². The van der Waals surface area contributed by atoms with Gasteiger partial charge in [0.25, 0.3) is 0 Å². The molecule has 6 heteroatoms. The molecule has 0 saturated carbocycles. The minimum absolute atomic E-state index is 0.373. The van der Waals surface area contributed by atoms with Crippen LogP contribution in [0.5, 0.6) is 0 Å². The molecule has 1 aliphatic rings. The summed E-state index contributed by atoms with van der Waals surface area (Å²) in [4.78, 5) is 8.77. The molecule has 0 bridgehead atoms. The van der Waals surface area contributed by atoms with Crippen molar-refractivity contribution in [2.75, 3.05) is 0 Å². The van der Waals surface area contributed by atoms with Crippen LogP contribution in [0.4, 0.5) is 5.95 Å². The third-order valence-corrected chi connectivity index (χ3v) is 4.06. The predicted octanol–water partition coefficient (Wildman–Crippen LogP) is 3.14. The fourth-order valence-electron chi connectivity index (χ4n) is 2.87. The zero-order chi connectivity index (χ0) is 16.5. The second kappa shape index (κ2) is 5.73. The van der Waals surface area contributed by atoms with Crippen molar-refractivity contribution in [3.63, 3.8) is 0 Å². The van der Waals surface area contributed by atoms with Crippen molar-refractivity contribution in [3.05, 3.63) is 77.6 Å². The molecular weight excluding hydrogens is 302 g/mol. The lowest BCUT2D eigenvalue weighted by Crippen LogP contribution is -2.32. The highest BCUT2D eigenvalue weighted by molar-refractivity contribution is 6.50. The Kier molecular flexibility index (Phi) is 3.42. The summed E-state index contributed by atoms with van der Waals surface area (Å²) in [5.41, 5.74) is 4.04. The Bertz CT molecular complexity index is 926. The lowest BCUT2D eigenvalue weighted by atomic mass is 9.93. The lowest BCUT2D eigenvalue weighted by Gasteiger charge is -2.24. The predicted molar refractivity (Wildman–Crippen MR) is 91.2 cm³/mol. The van der Waals surface area contributed by atoms with Gasteiger partial charge in [-0.1, -0.05) is 65.3 Å². The fraction of sp³-hybridized carbons (Fsp3) is 0.111. The molecule has 3 aromatic rings. The molecule has 0 fully saturated rings. The third-order valence-electron chi connectivity index (χ3n) is 4.06. The number of hydrogen-bond donors (Lipinski definition) is 1. The quantitative estimate of drug-likeness (QED) is 0.583. The maximum Gasteiger partial charge on any atom is 0.249 e. The van der Waals surface area contributed by atoms with Gasteiger partial charge in [0.15, 0.2) is 0 Å². The van der Waals surface area contributed by atoms with Crippen LogP contribution in [0.15, 0.2) is 71.1 Å². The zero-order valence-electron chi connectivity index (χ0n) is 13.0. The lowest BCUT2D eigenvalue weighted by molar-refractivity contribution is 0.316. The molecule has 4 rings (SSSR count). The van der Waals surface area contributed by atoms with Gasteiger partial charge in [-0.3, -0.25) is 0 Å². The van der Waals surface area contributed by atoms with Crippen LogP contribution in [0.2, 0.25) is 0 Å². The van der Waals surface area contributed by atoms with Crippen LogP contribution in [0.3, 0.4) is 0 Å². The van der Waals surface area contributed by atoms with Gasteiger partial charge in [0, 0.05) is 5.56 Å². The Morgan fingerprint density at radius 1 is 1.04 bits per heavy atom. The van der Waals surface area contributed by atoms with Gasteiger partial charge < -0.3 is 5.21 Å². The zero-order valence-corrected chi connectivity index (χ0v) is 13.0. The number of nitrogens with zero attached hydrogens (tertiary/aromatic N) is 5. The van der Waals surface area contributed by atoms with Crippen LogP contribution in [0, 0.1) is 6.92 Å². The average Bonchev–Trinajstić information content (AvgIpc) is 3.09. The molecule has 1 unspecified atom stereocenters. The number of rotatable bonds is 2. The Hall–Kier alpha value is -3.28. The number of aromatic nitrogens is 3. The normalized spacial score (nSPS) is 18.3. The van der Waals surface area contributed by atoms with Crippen molar-refractivity contribution in [1.82, 2.24) is 14.8 Å². The number of fused-ring (bicyclic) bond motifs is 1. The van der Waals surface area contributed by atoms with E-state index in [1.807, 2.05) is 61.5 Å². The molecule has 1 aromatic heterocycles. The number of benzene rings is 2. The fourth-order valence-corrected chi connectivity index (χ4v) is 2.87. The van der Waals surface area contributed by atoms with E-state index in [1.165, 1.54) is 6.33 Å².